The number of fused-ring (bicyclic) bond motifs is 2. The van der Waals surface area contributed by atoms with Gasteiger partial charge in [0.1, 0.15) is 28.6 Å². The minimum Gasteiger partial charge on any atom is -0.490 e. The van der Waals surface area contributed by atoms with Gasteiger partial charge in [-0.05, 0) is 46.8 Å². The Labute approximate surface area is 179 Å². The zero-order valence-electron chi connectivity index (χ0n) is 17.7. The lowest BCUT2D eigenvalue weighted by molar-refractivity contribution is 0.0206. The number of carbonyl (C=O) groups is 2. The summed E-state index contributed by atoms with van der Waals surface area (Å²) < 4.78 is 16.3. The standard InChI is InChI=1S/C21H25N3O5S/c1-20(2,3)29-19(26)28-12-6-7-15-14(10-12)24(8-9-27-15)18-22-13-11-21(4,5)23-17(25)16(13)30-18/h6-7,10H,8-9,11H2,1-5H3,(H,23,25). The zero-order valence-corrected chi connectivity index (χ0v) is 18.5. The van der Waals surface area contributed by atoms with Crippen LogP contribution < -0.4 is 19.7 Å². The summed E-state index contributed by atoms with van der Waals surface area (Å²) >= 11 is 1.36. The number of ether oxygens (including phenoxy) is 3. The number of thiazole rings is 1. The molecule has 2 aliphatic rings. The van der Waals surface area contributed by atoms with Crippen LogP contribution in [0.25, 0.3) is 0 Å². The van der Waals surface area contributed by atoms with Crippen molar-refractivity contribution in [1.29, 1.82) is 0 Å². The van der Waals surface area contributed by atoms with E-state index in [9.17, 15) is 9.59 Å². The number of aromatic nitrogens is 1. The topological polar surface area (TPSA) is 90.0 Å². The molecule has 0 saturated carbocycles. The van der Waals surface area contributed by atoms with Crippen LogP contribution in [-0.4, -0.2) is 41.3 Å². The molecule has 2 aromatic rings. The molecule has 1 aromatic heterocycles. The van der Waals surface area contributed by atoms with Gasteiger partial charge < -0.3 is 24.4 Å². The molecule has 2 aliphatic heterocycles. The van der Waals surface area contributed by atoms with E-state index >= 15 is 0 Å². The molecule has 0 unspecified atom stereocenters. The fourth-order valence-corrected chi connectivity index (χ4v) is 4.42. The molecule has 0 spiro atoms. The molecule has 0 fully saturated rings. The first-order valence-corrected chi connectivity index (χ1v) is 10.6. The molecule has 4 rings (SSSR count). The second-order valence-electron chi connectivity index (χ2n) is 8.98. The van der Waals surface area contributed by atoms with Crippen LogP contribution in [0.1, 0.15) is 50.0 Å². The molecule has 0 bridgehead atoms. The quantitative estimate of drug-likeness (QED) is 0.567. The van der Waals surface area contributed by atoms with E-state index in [0.717, 1.165) is 11.4 Å². The van der Waals surface area contributed by atoms with Crippen molar-refractivity contribution in [3.63, 3.8) is 0 Å². The van der Waals surface area contributed by atoms with Gasteiger partial charge in [-0.3, -0.25) is 4.79 Å². The van der Waals surface area contributed by atoms with Crippen LogP contribution in [-0.2, 0) is 11.2 Å². The maximum absolute atomic E-state index is 12.5. The van der Waals surface area contributed by atoms with Crippen molar-refractivity contribution in [3.05, 3.63) is 28.8 Å². The Bertz CT molecular complexity index is 1010. The lowest BCUT2D eigenvalue weighted by atomic mass is 9.94. The van der Waals surface area contributed by atoms with Crippen molar-refractivity contribution in [1.82, 2.24) is 10.3 Å². The van der Waals surface area contributed by atoms with Crippen LogP contribution in [0.5, 0.6) is 11.5 Å². The Kier molecular flexibility index (Phi) is 4.88. The number of benzene rings is 1. The molecular weight excluding hydrogens is 406 g/mol. The average Bonchev–Trinajstić information content (AvgIpc) is 3.02. The predicted molar refractivity (Wildman–Crippen MR) is 113 cm³/mol. The van der Waals surface area contributed by atoms with Crippen molar-refractivity contribution in [2.75, 3.05) is 18.1 Å². The molecule has 0 radical (unpaired) electrons. The highest BCUT2D eigenvalue weighted by Crippen LogP contribution is 2.42. The minimum absolute atomic E-state index is 0.0968. The van der Waals surface area contributed by atoms with E-state index in [0.29, 0.717) is 41.1 Å². The van der Waals surface area contributed by atoms with E-state index in [1.165, 1.54) is 11.3 Å². The van der Waals surface area contributed by atoms with E-state index in [-0.39, 0.29) is 11.4 Å². The molecule has 3 heterocycles. The lowest BCUT2D eigenvalue weighted by Crippen LogP contribution is -2.48. The monoisotopic (exact) mass is 431 g/mol. The molecule has 1 N–H and O–H groups in total. The van der Waals surface area contributed by atoms with Gasteiger partial charge in [0, 0.05) is 18.0 Å². The fourth-order valence-electron chi connectivity index (χ4n) is 3.41. The highest BCUT2D eigenvalue weighted by Gasteiger charge is 2.35. The Morgan fingerprint density at radius 2 is 2.10 bits per heavy atom. The number of amides is 1. The van der Waals surface area contributed by atoms with E-state index in [4.69, 9.17) is 19.2 Å². The van der Waals surface area contributed by atoms with Gasteiger partial charge in [-0.1, -0.05) is 11.3 Å². The smallest absolute Gasteiger partial charge is 0.490 e. The van der Waals surface area contributed by atoms with Crippen LogP contribution in [0.4, 0.5) is 15.6 Å². The number of nitrogens with one attached hydrogen (secondary N) is 1. The lowest BCUT2D eigenvalue weighted by Gasteiger charge is -2.29. The molecule has 0 aliphatic carbocycles. The van der Waals surface area contributed by atoms with E-state index < -0.39 is 11.8 Å². The number of hydrogen-bond donors (Lipinski definition) is 1. The Morgan fingerprint density at radius 3 is 2.83 bits per heavy atom. The minimum atomic E-state index is -0.769. The van der Waals surface area contributed by atoms with Gasteiger partial charge in [-0.15, -0.1) is 0 Å². The molecule has 9 heteroatoms. The van der Waals surface area contributed by atoms with Gasteiger partial charge in [0.25, 0.3) is 5.91 Å². The maximum atomic E-state index is 12.5. The third-order valence-corrected chi connectivity index (χ3v) is 5.69. The molecule has 160 valence electrons. The van der Waals surface area contributed by atoms with Crippen molar-refractivity contribution in [2.24, 2.45) is 0 Å². The summed E-state index contributed by atoms with van der Waals surface area (Å²) in [6.45, 7) is 10.4. The SMILES string of the molecule is CC1(C)Cc2nc(N3CCOc4ccc(OC(=O)OC(C)(C)C)cc43)sc2C(=O)N1. The van der Waals surface area contributed by atoms with Gasteiger partial charge >= 0.3 is 6.16 Å². The highest BCUT2D eigenvalue weighted by molar-refractivity contribution is 7.17. The Hall–Kier alpha value is -2.81. The summed E-state index contributed by atoms with van der Waals surface area (Å²) in [5, 5.41) is 3.73. The van der Waals surface area contributed by atoms with Gasteiger partial charge in [0.15, 0.2) is 5.13 Å². The largest absolute Gasteiger partial charge is 0.514 e. The third kappa shape index (κ3) is 4.21. The molecule has 0 atom stereocenters. The maximum Gasteiger partial charge on any atom is 0.514 e. The average molecular weight is 432 g/mol. The molecule has 1 amide bonds. The summed E-state index contributed by atoms with van der Waals surface area (Å²) in [7, 11) is 0. The normalized spacial score (nSPS) is 17.4. The number of carbonyl (C=O) groups excluding carboxylic acids is 2. The molecule has 1 aromatic carbocycles. The van der Waals surface area contributed by atoms with Gasteiger partial charge in [-0.2, -0.15) is 0 Å². The van der Waals surface area contributed by atoms with E-state index in [1.807, 2.05) is 18.7 Å². The predicted octanol–water partition coefficient (Wildman–Crippen LogP) is 4.05. The van der Waals surface area contributed by atoms with Crippen LogP contribution in [0.15, 0.2) is 18.2 Å². The number of anilines is 2. The molecule has 30 heavy (non-hydrogen) atoms. The van der Waals surface area contributed by atoms with E-state index in [2.05, 4.69) is 5.32 Å². The van der Waals surface area contributed by atoms with E-state index in [1.54, 1.807) is 39.0 Å². The Balaban J connectivity index is 1.63. The van der Waals surface area contributed by atoms with Crippen molar-refractivity contribution in [3.8, 4) is 11.5 Å². The summed E-state index contributed by atoms with van der Waals surface area (Å²) in [4.78, 5) is 31.9. The van der Waals surface area contributed by atoms with Crippen LogP contribution >= 0.6 is 11.3 Å². The van der Waals surface area contributed by atoms with Gasteiger partial charge in [0.05, 0.1) is 17.9 Å². The first-order chi connectivity index (χ1) is 14.0. The second kappa shape index (κ2) is 7.16. The number of rotatable bonds is 2. The summed E-state index contributed by atoms with van der Waals surface area (Å²) in [6, 6.07) is 5.14. The van der Waals surface area contributed by atoms with Crippen LogP contribution in [0.2, 0.25) is 0 Å². The zero-order chi connectivity index (χ0) is 21.7. The van der Waals surface area contributed by atoms with Gasteiger partial charge in [-0.25, -0.2) is 9.78 Å². The Morgan fingerprint density at radius 1 is 1.33 bits per heavy atom. The number of hydrogen-bond acceptors (Lipinski definition) is 8. The molecule has 0 saturated heterocycles. The van der Waals surface area contributed by atoms with Crippen molar-refractivity contribution in [2.45, 2.75) is 52.2 Å². The molecular formula is C21H25N3O5S. The first kappa shape index (κ1) is 20.5. The highest BCUT2D eigenvalue weighted by atomic mass is 32.1. The second-order valence-corrected chi connectivity index (χ2v) is 9.96. The summed E-state index contributed by atoms with van der Waals surface area (Å²) in [5.74, 6) is 0.912. The third-order valence-electron chi connectivity index (χ3n) is 4.57. The fraction of sp³-hybridized carbons (Fsp3) is 0.476. The first-order valence-electron chi connectivity index (χ1n) is 9.78. The van der Waals surface area contributed by atoms with Crippen molar-refractivity contribution >= 4 is 34.2 Å². The molecule has 8 nitrogen and oxygen atoms in total. The van der Waals surface area contributed by atoms with Crippen LogP contribution in [0.3, 0.4) is 0 Å². The summed E-state index contributed by atoms with van der Waals surface area (Å²) in [5.41, 5.74) is 0.563. The van der Waals surface area contributed by atoms with Crippen LogP contribution in [0, 0.1) is 0 Å². The van der Waals surface area contributed by atoms with Crippen molar-refractivity contribution < 1.29 is 23.8 Å². The number of nitrogens with zero attached hydrogens (tertiary/aromatic N) is 2. The van der Waals surface area contributed by atoms with Gasteiger partial charge in [0.2, 0.25) is 0 Å². The summed E-state index contributed by atoms with van der Waals surface area (Å²) in [6.07, 6.45) is -0.0989.